The molecular formula is C22H18F3NO6. The fourth-order valence-electron chi connectivity index (χ4n) is 4.09. The Balaban J connectivity index is 2.36. The van der Waals surface area contributed by atoms with E-state index in [4.69, 9.17) is 9.47 Å². The normalized spacial score (nSPS) is 17.0. The third-order valence-electron chi connectivity index (χ3n) is 5.40. The Kier molecular flexibility index (Phi) is 6.07. The molecule has 0 aliphatic heterocycles. The molecule has 0 unspecified atom stereocenters. The van der Waals surface area contributed by atoms with Crippen LogP contribution in [0.1, 0.15) is 29.0 Å². The molecule has 10 heteroatoms. The summed E-state index contributed by atoms with van der Waals surface area (Å²) in [5, 5.41) is 11.0. The number of alkyl halides is 3. The quantitative estimate of drug-likeness (QED) is 0.292. The van der Waals surface area contributed by atoms with Gasteiger partial charge in [-0.15, -0.1) is 0 Å². The van der Waals surface area contributed by atoms with Gasteiger partial charge in [-0.1, -0.05) is 42.5 Å². The maximum atomic E-state index is 13.3. The lowest BCUT2D eigenvalue weighted by atomic mass is 9.61. The van der Waals surface area contributed by atoms with Crippen LogP contribution in [0.2, 0.25) is 0 Å². The zero-order chi connectivity index (χ0) is 23.7. The summed E-state index contributed by atoms with van der Waals surface area (Å²) in [4.78, 5) is 36.6. The van der Waals surface area contributed by atoms with Gasteiger partial charge in [0.25, 0.3) is 5.69 Å². The van der Waals surface area contributed by atoms with Crippen molar-refractivity contribution in [2.75, 3.05) is 14.2 Å². The average Bonchev–Trinajstić information content (AvgIpc) is 2.77. The van der Waals surface area contributed by atoms with E-state index >= 15 is 0 Å². The van der Waals surface area contributed by atoms with Gasteiger partial charge in [0, 0.05) is 18.1 Å². The van der Waals surface area contributed by atoms with Crippen LogP contribution in [0.3, 0.4) is 0 Å². The molecule has 0 aromatic heterocycles. The summed E-state index contributed by atoms with van der Waals surface area (Å²) in [6, 6.07) is 10.6. The number of nitro benzene ring substituents is 1. The summed E-state index contributed by atoms with van der Waals surface area (Å²) >= 11 is 0. The smallest absolute Gasteiger partial charge is 0.393 e. The molecule has 0 heterocycles. The largest absolute Gasteiger partial charge is 0.468 e. The van der Waals surface area contributed by atoms with Crippen molar-refractivity contribution < 1.29 is 37.2 Å². The second-order valence-corrected chi connectivity index (χ2v) is 7.15. The van der Waals surface area contributed by atoms with Gasteiger partial charge < -0.3 is 9.47 Å². The summed E-state index contributed by atoms with van der Waals surface area (Å²) in [5.41, 5.74) is -2.26. The molecule has 0 fully saturated rings. The van der Waals surface area contributed by atoms with Crippen molar-refractivity contribution in [3.63, 3.8) is 0 Å². The van der Waals surface area contributed by atoms with Gasteiger partial charge in [-0.05, 0) is 22.3 Å². The van der Waals surface area contributed by atoms with Crippen molar-refractivity contribution >= 4 is 23.2 Å². The number of fused-ring (bicyclic) bond motifs is 1. The Hall–Kier alpha value is -3.69. The van der Waals surface area contributed by atoms with Gasteiger partial charge in [-0.25, -0.2) is 0 Å². The number of ether oxygens (including phenoxy) is 2. The predicted octanol–water partition coefficient (Wildman–Crippen LogP) is 4.31. The van der Waals surface area contributed by atoms with Crippen LogP contribution in [0, 0.1) is 10.1 Å². The Labute approximate surface area is 180 Å². The number of methoxy groups -OCH3 is 2. The lowest BCUT2D eigenvalue weighted by Gasteiger charge is -2.40. The Morgan fingerprint density at radius 3 is 2.09 bits per heavy atom. The molecule has 3 rings (SSSR count). The molecule has 0 amide bonds. The number of nitrogens with zero attached hydrogens (tertiary/aromatic N) is 1. The molecule has 0 bridgehead atoms. The van der Waals surface area contributed by atoms with E-state index in [-0.39, 0.29) is 28.0 Å². The summed E-state index contributed by atoms with van der Waals surface area (Å²) in [7, 11) is 2.11. The molecule has 1 aliphatic carbocycles. The van der Waals surface area contributed by atoms with Crippen LogP contribution in [0.25, 0.3) is 5.57 Å². The summed E-state index contributed by atoms with van der Waals surface area (Å²) in [5.74, 6) is -3.32. The third kappa shape index (κ3) is 3.83. The number of benzene rings is 2. The minimum atomic E-state index is -4.56. The van der Waals surface area contributed by atoms with Gasteiger partial charge in [0.1, 0.15) is 0 Å². The Morgan fingerprint density at radius 2 is 1.59 bits per heavy atom. The topological polar surface area (TPSA) is 95.7 Å². The number of rotatable bonds is 5. The van der Waals surface area contributed by atoms with E-state index < -0.39 is 40.8 Å². The minimum Gasteiger partial charge on any atom is -0.468 e. The predicted molar refractivity (Wildman–Crippen MR) is 107 cm³/mol. The van der Waals surface area contributed by atoms with E-state index in [1.165, 1.54) is 42.5 Å². The Morgan fingerprint density at radius 1 is 1.03 bits per heavy atom. The second kappa shape index (κ2) is 8.45. The first-order valence-corrected chi connectivity index (χ1v) is 9.34. The fraction of sp³-hybridized carbons (Fsp3) is 0.273. The molecule has 1 aliphatic rings. The van der Waals surface area contributed by atoms with Gasteiger partial charge in [0.05, 0.1) is 25.6 Å². The number of allylic oxidation sites excluding steroid dienone is 2. The maximum Gasteiger partial charge on any atom is 0.393 e. The van der Waals surface area contributed by atoms with Crippen LogP contribution in [0.4, 0.5) is 18.9 Å². The standard InChI is InChI=1S/C22H18F3NO6/c1-31-19(27)22(20(28)32-2)17-6-4-3-5-16(17)14(12-21(23,24)25)11-18(22)13-7-9-15(10-8-13)26(29)30/h3-11,18H,12H2,1-2H3/t18-/m0/s1. The highest BCUT2D eigenvalue weighted by atomic mass is 19.4. The number of esters is 2. The van der Waals surface area contributed by atoms with Crippen molar-refractivity contribution in [1.82, 2.24) is 0 Å². The van der Waals surface area contributed by atoms with Crippen molar-refractivity contribution in [1.29, 1.82) is 0 Å². The third-order valence-corrected chi connectivity index (χ3v) is 5.40. The molecule has 32 heavy (non-hydrogen) atoms. The van der Waals surface area contributed by atoms with E-state index in [1.54, 1.807) is 0 Å². The van der Waals surface area contributed by atoms with Gasteiger partial charge in [-0.2, -0.15) is 13.2 Å². The zero-order valence-electron chi connectivity index (χ0n) is 17.0. The molecule has 0 spiro atoms. The van der Waals surface area contributed by atoms with Crippen molar-refractivity contribution in [2.45, 2.75) is 23.9 Å². The summed E-state index contributed by atoms with van der Waals surface area (Å²) in [6.07, 6.45) is -4.67. The highest BCUT2D eigenvalue weighted by Crippen LogP contribution is 2.51. The van der Waals surface area contributed by atoms with Crippen molar-refractivity contribution in [3.8, 4) is 0 Å². The van der Waals surface area contributed by atoms with Gasteiger partial charge >= 0.3 is 18.1 Å². The molecule has 168 valence electrons. The highest BCUT2D eigenvalue weighted by molar-refractivity contribution is 6.10. The molecule has 0 radical (unpaired) electrons. The number of carbonyl (C=O) groups excluding carboxylic acids is 2. The second-order valence-electron chi connectivity index (χ2n) is 7.15. The molecule has 0 saturated heterocycles. The lowest BCUT2D eigenvalue weighted by molar-refractivity contribution is -0.384. The van der Waals surface area contributed by atoms with E-state index in [0.29, 0.717) is 0 Å². The summed E-state index contributed by atoms with van der Waals surface area (Å²) in [6.45, 7) is 0. The van der Waals surface area contributed by atoms with Crippen molar-refractivity contribution in [3.05, 3.63) is 81.4 Å². The number of hydrogen-bond acceptors (Lipinski definition) is 6. The van der Waals surface area contributed by atoms with E-state index in [2.05, 4.69) is 0 Å². The fourth-order valence-corrected chi connectivity index (χ4v) is 4.09. The summed E-state index contributed by atoms with van der Waals surface area (Å²) < 4.78 is 49.9. The highest BCUT2D eigenvalue weighted by Gasteiger charge is 2.59. The number of nitro groups is 1. The Bertz CT molecular complexity index is 1080. The van der Waals surface area contributed by atoms with Crippen LogP contribution in [0.15, 0.2) is 54.6 Å². The SMILES string of the molecule is COC(=O)C1(C(=O)OC)c2ccccc2C(CC(F)(F)F)=C[C@H]1c1ccc([N+](=O)[O-])cc1. The van der Waals surface area contributed by atoms with Crippen LogP contribution < -0.4 is 0 Å². The van der Waals surface area contributed by atoms with E-state index in [9.17, 15) is 32.9 Å². The van der Waals surface area contributed by atoms with Gasteiger partial charge in [0.2, 0.25) is 5.41 Å². The first-order valence-electron chi connectivity index (χ1n) is 9.34. The monoisotopic (exact) mass is 449 g/mol. The first kappa shape index (κ1) is 23.0. The molecular weight excluding hydrogens is 431 g/mol. The van der Waals surface area contributed by atoms with E-state index in [1.807, 2.05) is 0 Å². The van der Waals surface area contributed by atoms with Gasteiger partial charge in [0.15, 0.2) is 0 Å². The zero-order valence-corrected chi connectivity index (χ0v) is 17.0. The number of hydrogen-bond donors (Lipinski definition) is 0. The molecule has 2 aromatic carbocycles. The van der Waals surface area contributed by atoms with Crippen LogP contribution in [-0.4, -0.2) is 37.3 Å². The van der Waals surface area contributed by atoms with E-state index in [0.717, 1.165) is 26.4 Å². The molecule has 7 nitrogen and oxygen atoms in total. The van der Waals surface area contributed by atoms with Crippen LogP contribution in [0.5, 0.6) is 0 Å². The number of halogens is 3. The average molecular weight is 449 g/mol. The number of non-ortho nitro benzene ring substituents is 1. The minimum absolute atomic E-state index is 0.00352. The molecule has 1 atom stereocenters. The maximum absolute atomic E-state index is 13.3. The van der Waals surface area contributed by atoms with Crippen LogP contribution >= 0.6 is 0 Å². The van der Waals surface area contributed by atoms with Crippen molar-refractivity contribution in [2.24, 2.45) is 0 Å². The molecule has 0 N–H and O–H groups in total. The molecule has 0 saturated carbocycles. The number of carbonyl (C=O) groups is 2. The van der Waals surface area contributed by atoms with Gasteiger partial charge in [-0.3, -0.25) is 19.7 Å². The van der Waals surface area contributed by atoms with Crippen LogP contribution in [-0.2, 0) is 24.5 Å². The first-order chi connectivity index (χ1) is 15.1. The lowest BCUT2D eigenvalue weighted by Crippen LogP contribution is -2.51. The molecule has 2 aromatic rings.